The number of nitrogens with one attached hydrogen (secondary N) is 1. The molecule has 0 aliphatic rings. The van der Waals surface area contributed by atoms with Crippen molar-refractivity contribution in [3.05, 3.63) is 28.7 Å². The molecule has 0 aliphatic heterocycles. The lowest BCUT2D eigenvalue weighted by Crippen LogP contribution is -2.18. The SMILES string of the molecule is CCCNc1ccc(=O)n(CCC)c1. The number of aromatic nitrogens is 1. The van der Waals surface area contributed by atoms with E-state index in [1.165, 1.54) is 0 Å². The Kier molecular flexibility index (Phi) is 4.23. The van der Waals surface area contributed by atoms with Crippen molar-refractivity contribution in [2.45, 2.75) is 33.2 Å². The maximum absolute atomic E-state index is 11.4. The highest BCUT2D eigenvalue weighted by molar-refractivity contribution is 5.39. The first kappa shape index (κ1) is 10.8. The summed E-state index contributed by atoms with van der Waals surface area (Å²) in [6.45, 7) is 5.93. The van der Waals surface area contributed by atoms with E-state index in [1.807, 2.05) is 12.3 Å². The fourth-order valence-corrected chi connectivity index (χ4v) is 1.32. The minimum absolute atomic E-state index is 0.0777. The van der Waals surface area contributed by atoms with Gasteiger partial charge in [-0.25, -0.2) is 0 Å². The summed E-state index contributed by atoms with van der Waals surface area (Å²) >= 11 is 0. The lowest BCUT2D eigenvalue weighted by atomic mass is 10.3. The van der Waals surface area contributed by atoms with Gasteiger partial charge in [-0.05, 0) is 18.9 Å². The molecular formula is C11H18N2O. The van der Waals surface area contributed by atoms with E-state index in [0.29, 0.717) is 0 Å². The van der Waals surface area contributed by atoms with Crippen LogP contribution in [0.25, 0.3) is 0 Å². The highest BCUT2D eigenvalue weighted by Crippen LogP contribution is 2.03. The lowest BCUT2D eigenvalue weighted by Gasteiger charge is -2.08. The molecule has 3 nitrogen and oxygen atoms in total. The molecule has 0 unspecified atom stereocenters. The van der Waals surface area contributed by atoms with Crippen LogP contribution in [0.4, 0.5) is 5.69 Å². The van der Waals surface area contributed by atoms with E-state index in [1.54, 1.807) is 10.6 Å². The van der Waals surface area contributed by atoms with Crippen molar-refractivity contribution in [2.75, 3.05) is 11.9 Å². The third kappa shape index (κ3) is 2.91. The first-order valence-corrected chi connectivity index (χ1v) is 5.22. The summed E-state index contributed by atoms with van der Waals surface area (Å²) in [6, 6.07) is 3.46. The zero-order chi connectivity index (χ0) is 10.4. The van der Waals surface area contributed by atoms with Crippen molar-refractivity contribution < 1.29 is 0 Å². The second-order valence-electron chi connectivity index (χ2n) is 3.38. The molecule has 14 heavy (non-hydrogen) atoms. The van der Waals surface area contributed by atoms with Gasteiger partial charge < -0.3 is 9.88 Å². The molecule has 1 N–H and O–H groups in total. The largest absolute Gasteiger partial charge is 0.384 e. The molecule has 1 aromatic rings. The second-order valence-corrected chi connectivity index (χ2v) is 3.38. The third-order valence-electron chi connectivity index (χ3n) is 2.03. The Morgan fingerprint density at radius 2 is 2.07 bits per heavy atom. The number of nitrogens with zero attached hydrogens (tertiary/aromatic N) is 1. The Balaban J connectivity index is 2.78. The van der Waals surface area contributed by atoms with Crippen LogP contribution in [0.5, 0.6) is 0 Å². The van der Waals surface area contributed by atoms with Gasteiger partial charge in [-0.1, -0.05) is 13.8 Å². The van der Waals surface area contributed by atoms with Gasteiger partial charge in [-0.15, -0.1) is 0 Å². The minimum atomic E-state index is 0.0777. The van der Waals surface area contributed by atoms with E-state index < -0.39 is 0 Å². The zero-order valence-corrected chi connectivity index (χ0v) is 8.92. The molecule has 0 aromatic carbocycles. The second kappa shape index (κ2) is 5.47. The van der Waals surface area contributed by atoms with Crippen molar-refractivity contribution in [3.63, 3.8) is 0 Å². The van der Waals surface area contributed by atoms with Crippen LogP contribution < -0.4 is 10.9 Å². The predicted octanol–water partition coefficient (Wildman–Crippen LogP) is 2.08. The fraction of sp³-hybridized carbons (Fsp3) is 0.545. The molecule has 0 atom stereocenters. The van der Waals surface area contributed by atoms with Crippen molar-refractivity contribution in [2.24, 2.45) is 0 Å². The van der Waals surface area contributed by atoms with Gasteiger partial charge in [0.05, 0.1) is 5.69 Å². The number of rotatable bonds is 5. The molecule has 1 heterocycles. The van der Waals surface area contributed by atoms with Crippen LogP contribution in [0.1, 0.15) is 26.7 Å². The number of anilines is 1. The van der Waals surface area contributed by atoms with Crippen molar-refractivity contribution in [1.82, 2.24) is 4.57 Å². The lowest BCUT2D eigenvalue weighted by molar-refractivity contribution is 0.655. The Morgan fingerprint density at radius 1 is 1.29 bits per heavy atom. The van der Waals surface area contributed by atoms with Gasteiger partial charge in [0.2, 0.25) is 0 Å². The van der Waals surface area contributed by atoms with Gasteiger partial charge in [-0.2, -0.15) is 0 Å². The molecule has 0 saturated heterocycles. The van der Waals surface area contributed by atoms with E-state index >= 15 is 0 Å². The molecule has 3 heteroatoms. The molecule has 0 saturated carbocycles. The molecule has 1 aromatic heterocycles. The topological polar surface area (TPSA) is 34.0 Å². The van der Waals surface area contributed by atoms with Crippen LogP contribution in [-0.4, -0.2) is 11.1 Å². The van der Waals surface area contributed by atoms with Gasteiger partial charge in [-0.3, -0.25) is 4.79 Å². The molecule has 0 aliphatic carbocycles. The van der Waals surface area contributed by atoms with Crippen LogP contribution >= 0.6 is 0 Å². The van der Waals surface area contributed by atoms with Gasteiger partial charge in [0, 0.05) is 25.4 Å². The summed E-state index contributed by atoms with van der Waals surface area (Å²) in [4.78, 5) is 11.4. The van der Waals surface area contributed by atoms with E-state index in [9.17, 15) is 4.79 Å². The average molecular weight is 194 g/mol. The molecule has 1 rings (SSSR count). The molecular weight excluding hydrogens is 176 g/mol. The molecule has 0 radical (unpaired) electrons. The van der Waals surface area contributed by atoms with Crippen molar-refractivity contribution >= 4 is 5.69 Å². The highest BCUT2D eigenvalue weighted by atomic mass is 16.1. The van der Waals surface area contributed by atoms with E-state index in [-0.39, 0.29) is 5.56 Å². The maximum Gasteiger partial charge on any atom is 0.250 e. The Hall–Kier alpha value is -1.25. The molecule has 0 amide bonds. The van der Waals surface area contributed by atoms with Crippen molar-refractivity contribution in [3.8, 4) is 0 Å². The van der Waals surface area contributed by atoms with Gasteiger partial charge >= 0.3 is 0 Å². The van der Waals surface area contributed by atoms with E-state index in [0.717, 1.165) is 31.6 Å². The summed E-state index contributed by atoms with van der Waals surface area (Å²) in [5.74, 6) is 0. The van der Waals surface area contributed by atoms with Crippen LogP contribution in [-0.2, 0) is 6.54 Å². The van der Waals surface area contributed by atoms with Crippen molar-refractivity contribution in [1.29, 1.82) is 0 Å². The van der Waals surface area contributed by atoms with Gasteiger partial charge in [0.15, 0.2) is 0 Å². The standard InChI is InChI=1S/C11H18N2O/c1-3-7-12-10-5-6-11(14)13(9-10)8-4-2/h5-6,9,12H,3-4,7-8H2,1-2H3. The van der Waals surface area contributed by atoms with Gasteiger partial charge in [0.25, 0.3) is 5.56 Å². The summed E-state index contributed by atoms with van der Waals surface area (Å²) < 4.78 is 1.75. The van der Waals surface area contributed by atoms with Crippen LogP contribution in [0.15, 0.2) is 23.1 Å². The summed E-state index contributed by atoms with van der Waals surface area (Å²) in [7, 11) is 0. The number of pyridine rings is 1. The monoisotopic (exact) mass is 194 g/mol. The first-order chi connectivity index (χ1) is 6.77. The van der Waals surface area contributed by atoms with E-state index in [4.69, 9.17) is 0 Å². The smallest absolute Gasteiger partial charge is 0.250 e. The minimum Gasteiger partial charge on any atom is -0.384 e. The van der Waals surface area contributed by atoms with Crippen LogP contribution in [0.2, 0.25) is 0 Å². The molecule has 0 spiro atoms. The normalized spacial score (nSPS) is 10.1. The molecule has 0 bridgehead atoms. The summed E-state index contributed by atoms with van der Waals surface area (Å²) in [5.41, 5.74) is 1.11. The summed E-state index contributed by atoms with van der Waals surface area (Å²) in [6.07, 6.45) is 3.96. The number of hydrogen-bond donors (Lipinski definition) is 1. The predicted molar refractivity (Wildman–Crippen MR) is 59.8 cm³/mol. The maximum atomic E-state index is 11.4. The summed E-state index contributed by atoms with van der Waals surface area (Å²) in [5, 5.41) is 3.26. The van der Waals surface area contributed by atoms with Crippen LogP contribution in [0, 0.1) is 0 Å². The zero-order valence-electron chi connectivity index (χ0n) is 8.92. The number of aryl methyl sites for hydroxylation is 1. The third-order valence-corrected chi connectivity index (χ3v) is 2.03. The first-order valence-electron chi connectivity index (χ1n) is 5.22. The molecule has 78 valence electrons. The number of hydrogen-bond acceptors (Lipinski definition) is 2. The van der Waals surface area contributed by atoms with Gasteiger partial charge in [0.1, 0.15) is 0 Å². The van der Waals surface area contributed by atoms with Crippen LogP contribution in [0.3, 0.4) is 0 Å². The quantitative estimate of drug-likeness (QED) is 0.778. The van der Waals surface area contributed by atoms with E-state index in [2.05, 4.69) is 19.2 Å². The molecule has 0 fully saturated rings. The Morgan fingerprint density at radius 3 is 2.71 bits per heavy atom. The highest BCUT2D eigenvalue weighted by Gasteiger charge is 1.96. The fourth-order valence-electron chi connectivity index (χ4n) is 1.32. The Bertz CT molecular complexity index is 330. The average Bonchev–Trinajstić information content (AvgIpc) is 2.19. The Labute approximate surface area is 84.8 Å².